The van der Waals surface area contributed by atoms with E-state index in [0.29, 0.717) is 23.7 Å². The van der Waals surface area contributed by atoms with Gasteiger partial charge in [0.25, 0.3) is 0 Å². The van der Waals surface area contributed by atoms with Crippen LogP contribution in [0.2, 0.25) is 0 Å². The molecule has 0 saturated carbocycles. The van der Waals surface area contributed by atoms with Crippen LogP contribution < -0.4 is 5.32 Å². The summed E-state index contributed by atoms with van der Waals surface area (Å²) in [5.74, 6) is 0.131. The summed E-state index contributed by atoms with van der Waals surface area (Å²) in [5.41, 5.74) is 1.32. The van der Waals surface area contributed by atoms with Crippen LogP contribution in [0.5, 0.6) is 0 Å². The molecule has 1 N–H and O–H groups in total. The molecule has 0 amide bonds. The summed E-state index contributed by atoms with van der Waals surface area (Å²) in [6.45, 7) is 8.08. The zero-order valence-corrected chi connectivity index (χ0v) is 9.94. The Hall–Kier alpha value is -1.02. The zero-order chi connectivity index (χ0) is 11.7. The highest BCUT2D eigenvalue weighted by Gasteiger charge is 1.99. The topological polar surface area (TPSA) is 12.0 Å². The summed E-state index contributed by atoms with van der Waals surface area (Å²) in [7, 11) is 0. The van der Waals surface area contributed by atoms with Crippen LogP contribution in [0.25, 0.3) is 0 Å². The monoisotopic (exact) mass is 229 g/mol. The molecule has 0 aliphatic heterocycles. The minimum Gasteiger partial charge on any atom is -0.384 e. The highest BCUT2D eigenvalue weighted by molar-refractivity contribution is 6.19. The van der Waals surface area contributed by atoms with Gasteiger partial charge < -0.3 is 5.32 Å². The van der Waals surface area contributed by atoms with Crippen molar-refractivity contribution in [3.05, 3.63) is 47.9 Å². The van der Waals surface area contributed by atoms with Gasteiger partial charge in [-0.2, -0.15) is 0 Å². The lowest BCUT2D eigenvalue weighted by Crippen LogP contribution is -2.13. The summed E-state index contributed by atoms with van der Waals surface area (Å²) >= 11 is 5.50. The van der Waals surface area contributed by atoms with Gasteiger partial charge in [-0.25, -0.2) is 4.39 Å². The van der Waals surface area contributed by atoms with E-state index in [1.54, 1.807) is 18.2 Å². The van der Waals surface area contributed by atoms with Crippen LogP contribution in [0.4, 0.5) is 4.39 Å². The Kier molecular flexibility index (Phi) is 7.74. The average molecular weight is 230 g/mol. The maximum Gasteiger partial charge on any atom is 0.128 e. The molecule has 0 bridgehead atoms. The first-order chi connectivity index (χ1) is 7.24. The first-order valence-electron chi connectivity index (χ1n) is 4.95. The predicted molar refractivity (Wildman–Crippen MR) is 64.4 cm³/mol. The van der Waals surface area contributed by atoms with E-state index >= 15 is 0 Å². The van der Waals surface area contributed by atoms with Gasteiger partial charge in [-0.15, -0.1) is 11.6 Å². The molecule has 15 heavy (non-hydrogen) atoms. The second-order valence-corrected chi connectivity index (χ2v) is 2.95. The molecule has 0 heterocycles. The van der Waals surface area contributed by atoms with Crippen molar-refractivity contribution in [1.29, 1.82) is 0 Å². The van der Waals surface area contributed by atoms with E-state index < -0.39 is 0 Å². The molecular weight excluding hydrogens is 213 g/mol. The lowest BCUT2D eigenvalue weighted by molar-refractivity contribution is 0.601. The van der Waals surface area contributed by atoms with Crippen molar-refractivity contribution < 1.29 is 4.39 Å². The first-order valence-corrected chi connectivity index (χ1v) is 5.48. The molecule has 3 heteroatoms. The Morgan fingerprint density at radius 1 is 1.40 bits per heavy atom. The highest BCUT2D eigenvalue weighted by Crippen LogP contribution is 2.06. The van der Waals surface area contributed by atoms with Gasteiger partial charge in [0, 0.05) is 17.8 Å². The number of alkyl halides is 1. The Morgan fingerprint density at radius 2 is 2.00 bits per heavy atom. The number of hydrogen-bond donors (Lipinski definition) is 1. The number of hydrogen-bond acceptors (Lipinski definition) is 1. The highest BCUT2D eigenvalue weighted by atomic mass is 35.5. The minimum absolute atomic E-state index is 0.211. The van der Waals surface area contributed by atoms with Gasteiger partial charge in [0.05, 0.1) is 5.88 Å². The van der Waals surface area contributed by atoms with Gasteiger partial charge in [0.1, 0.15) is 5.82 Å². The quantitative estimate of drug-likeness (QED) is 0.777. The molecule has 0 radical (unpaired) electrons. The number of allylic oxidation sites excluding steroid dienone is 1. The number of benzene rings is 1. The van der Waals surface area contributed by atoms with Crippen molar-refractivity contribution in [3.63, 3.8) is 0 Å². The fraction of sp³-hybridized carbons (Fsp3) is 0.333. The predicted octanol–water partition coefficient (Wildman–Crippen LogP) is 3.69. The SMILES string of the molecule is C=C(CCl)NCc1ccccc1F.CC. The number of nitrogens with one attached hydrogen (secondary N) is 1. The minimum atomic E-state index is -0.211. The van der Waals surface area contributed by atoms with E-state index in [1.165, 1.54) is 6.07 Å². The van der Waals surface area contributed by atoms with E-state index in [0.717, 1.165) is 0 Å². The molecule has 0 spiro atoms. The van der Waals surface area contributed by atoms with E-state index in [1.807, 2.05) is 13.8 Å². The second kappa shape index (κ2) is 8.30. The van der Waals surface area contributed by atoms with Crippen LogP contribution in [0.15, 0.2) is 36.5 Å². The molecule has 1 rings (SSSR count). The molecule has 1 aromatic carbocycles. The number of halogens is 2. The van der Waals surface area contributed by atoms with E-state index in [2.05, 4.69) is 11.9 Å². The lowest BCUT2D eigenvalue weighted by atomic mass is 10.2. The van der Waals surface area contributed by atoms with Crippen molar-refractivity contribution in [1.82, 2.24) is 5.32 Å². The fourth-order valence-corrected chi connectivity index (χ4v) is 1.00. The summed E-state index contributed by atoms with van der Waals surface area (Å²) < 4.78 is 13.0. The third kappa shape index (κ3) is 5.43. The van der Waals surface area contributed by atoms with Gasteiger partial charge in [-0.1, -0.05) is 38.6 Å². The molecule has 1 aromatic rings. The van der Waals surface area contributed by atoms with E-state index in [-0.39, 0.29) is 5.82 Å². The Balaban J connectivity index is 0.000000921. The van der Waals surface area contributed by atoms with Crippen molar-refractivity contribution in [3.8, 4) is 0 Å². The van der Waals surface area contributed by atoms with Crippen molar-refractivity contribution in [2.75, 3.05) is 5.88 Å². The molecule has 0 aliphatic carbocycles. The first kappa shape index (κ1) is 14.0. The molecule has 84 valence electrons. The van der Waals surface area contributed by atoms with Gasteiger partial charge in [-0.3, -0.25) is 0 Å². The van der Waals surface area contributed by atoms with Crippen LogP contribution in [0, 0.1) is 5.82 Å². The van der Waals surface area contributed by atoms with Gasteiger partial charge in [0.15, 0.2) is 0 Å². The maximum absolute atomic E-state index is 13.0. The molecule has 0 atom stereocenters. The molecule has 0 saturated heterocycles. The van der Waals surface area contributed by atoms with Crippen LogP contribution in [0.3, 0.4) is 0 Å². The molecule has 0 aliphatic rings. The Bertz CT molecular complexity index is 299. The zero-order valence-electron chi connectivity index (χ0n) is 9.19. The largest absolute Gasteiger partial charge is 0.384 e. The normalized spacial score (nSPS) is 8.80. The average Bonchev–Trinajstić information content (AvgIpc) is 2.30. The van der Waals surface area contributed by atoms with Crippen LogP contribution >= 0.6 is 11.6 Å². The van der Waals surface area contributed by atoms with Gasteiger partial charge in [-0.05, 0) is 6.07 Å². The summed E-state index contributed by atoms with van der Waals surface area (Å²) in [6, 6.07) is 6.61. The molecule has 0 fully saturated rings. The van der Waals surface area contributed by atoms with Crippen LogP contribution in [-0.4, -0.2) is 5.88 Å². The molecule has 0 aromatic heterocycles. The smallest absolute Gasteiger partial charge is 0.128 e. The third-order valence-corrected chi connectivity index (χ3v) is 1.97. The molecular formula is C12H17ClFN. The third-order valence-electron chi connectivity index (χ3n) is 1.65. The summed E-state index contributed by atoms with van der Waals surface area (Å²) in [6.07, 6.45) is 0. The Morgan fingerprint density at radius 3 is 2.53 bits per heavy atom. The van der Waals surface area contributed by atoms with Gasteiger partial charge in [0.2, 0.25) is 0 Å². The summed E-state index contributed by atoms with van der Waals surface area (Å²) in [5, 5.41) is 2.92. The standard InChI is InChI=1S/C10H11ClFN.C2H6/c1-8(6-11)13-7-9-4-2-3-5-10(9)12;1-2/h2-5,13H,1,6-7H2;1-2H3. The van der Waals surface area contributed by atoms with Crippen molar-refractivity contribution >= 4 is 11.6 Å². The maximum atomic E-state index is 13.0. The van der Waals surface area contributed by atoms with Crippen LogP contribution in [0.1, 0.15) is 19.4 Å². The molecule has 1 nitrogen and oxygen atoms in total. The van der Waals surface area contributed by atoms with Gasteiger partial charge >= 0.3 is 0 Å². The molecule has 0 unspecified atom stereocenters. The van der Waals surface area contributed by atoms with E-state index in [4.69, 9.17) is 11.6 Å². The lowest BCUT2D eigenvalue weighted by Gasteiger charge is -2.06. The second-order valence-electron chi connectivity index (χ2n) is 2.68. The Labute approximate surface area is 96.0 Å². The fourth-order valence-electron chi connectivity index (χ4n) is 0.909. The number of rotatable bonds is 4. The van der Waals surface area contributed by atoms with E-state index in [9.17, 15) is 4.39 Å². The summed E-state index contributed by atoms with van der Waals surface area (Å²) in [4.78, 5) is 0. The van der Waals surface area contributed by atoms with Crippen LogP contribution in [-0.2, 0) is 6.54 Å². The van der Waals surface area contributed by atoms with Crippen molar-refractivity contribution in [2.45, 2.75) is 20.4 Å². The van der Waals surface area contributed by atoms with Crippen molar-refractivity contribution in [2.24, 2.45) is 0 Å².